The van der Waals surface area contributed by atoms with Crippen LogP contribution in [0, 0.1) is 13.0 Å². The van der Waals surface area contributed by atoms with Crippen molar-refractivity contribution in [2.45, 2.75) is 13.5 Å². The highest BCUT2D eigenvalue weighted by molar-refractivity contribution is 5.80. The average molecular weight is 187 g/mol. The summed E-state index contributed by atoms with van der Waals surface area (Å²) in [6, 6.07) is 9.77. The van der Waals surface area contributed by atoms with Gasteiger partial charge in [0.05, 0.1) is 0 Å². The summed E-state index contributed by atoms with van der Waals surface area (Å²) in [6.07, 6.45) is 0. The molecule has 2 rings (SSSR count). The Morgan fingerprint density at radius 2 is 2.14 bits per heavy atom. The average Bonchev–Trinajstić information content (AvgIpc) is 2.42. The van der Waals surface area contributed by atoms with Crippen LogP contribution in [-0.2, 0) is 6.54 Å². The third-order valence-corrected chi connectivity index (χ3v) is 2.23. The molecule has 2 aromatic rings. The van der Waals surface area contributed by atoms with Crippen LogP contribution in [0.1, 0.15) is 11.3 Å². The smallest absolute Gasteiger partial charge is 0.0462 e. The molecule has 0 saturated heterocycles. The van der Waals surface area contributed by atoms with Crippen LogP contribution in [0.25, 0.3) is 10.9 Å². The molecular formula is C12H15N2. The molecule has 1 N–H and O–H groups in total. The number of fused-ring (bicyclic) bond motifs is 1. The minimum atomic E-state index is 0.980. The van der Waals surface area contributed by atoms with E-state index < -0.39 is 0 Å². The van der Waals surface area contributed by atoms with Crippen molar-refractivity contribution in [1.82, 2.24) is 9.88 Å². The largest absolute Gasteiger partial charge is 0.358 e. The lowest BCUT2D eigenvalue weighted by molar-refractivity contribution is 0.403. The first kappa shape index (κ1) is 9.28. The van der Waals surface area contributed by atoms with Gasteiger partial charge in [-0.3, -0.25) is 0 Å². The Morgan fingerprint density at radius 1 is 1.36 bits per heavy atom. The Kier molecular flexibility index (Phi) is 2.30. The number of aromatic amines is 1. The van der Waals surface area contributed by atoms with Gasteiger partial charge in [-0.05, 0) is 38.7 Å². The molecule has 0 aliphatic heterocycles. The maximum absolute atomic E-state index is 3.30. The number of aromatic nitrogens is 1. The Hall–Kier alpha value is -1.28. The van der Waals surface area contributed by atoms with Crippen molar-refractivity contribution in [3.8, 4) is 0 Å². The van der Waals surface area contributed by atoms with Crippen molar-refractivity contribution in [2.75, 3.05) is 14.1 Å². The first-order valence-electron chi connectivity index (χ1n) is 4.80. The van der Waals surface area contributed by atoms with E-state index in [1.54, 1.807) is 0 Å². The summed E-state index contributed by atoms with van der Waals surface area (Å²) in [7, 11) is 4.16. The molecule has 0 spiro atoms. The molecule has 73 valence electrons. The number of aryl methyl sites for hydroxylation is 1. The van der Waals surface area contributed by atoms with E-state index in [1.807, 2.05) is 6.92 Å². The molecule has 0 fully saturated rings. The SMILES string of the molecule is Cc1[c]c2cc(CN(C)C)ccc2[nH]1. The molecule has 0 saturated carbocycles. The summed E-state index contributed by atoms with van der Waals surface area (Å²) in [5.41, 5.74) is 3.60. The summed E-state index contributed by atoms with van der Waals surface area (Å²) in [5.74, 6) is 0. The molecule has 0 atom stereocenters. The van der Waals surface area contributed by atoms with Crippen LogP contribution in [0.2, 0.25) is 0 Å². The van der Waals surface area contributed by atoms with E-state index in [-0.39, 0.29) is 0 Å². The maximum atomic E-state index is 3.30. The van der Waals surface area contributed by atoms with Crippen LogP contribution in [0.3, 0.4) is 0 Å². The molecular weight excluding hydrogens is 172 g/mol. The number of nitrogens with one attached hydrogen (secondary N) is 1. The van der Waals surface area contributed by atoms with E-state index in [0.29, 0.717) is 0 Å². The van der Waals surface area contributed by atoms with Crippen molar-refractivity contribution < 1.29 is 0 Å². The van der Waals surface area contributed by atoms with Gasteiger partial charge in [0.2, 0.25) is 0 Å². The van der Waals surface area contributed by atoms with Crippen molar-refractivity contribution in [3.05, 3.63) is 35.5 Å². The summed E-state index contributed by atoms with van der Waals surface area (Å²) in [4.78, 5) is 5.44. The number of hydrogen-bond donors (Lipinski definition) is 1. The number of hydrogen-bond acceptors (Lipinski definition) is 1. The normalized spacial score (nSPS) is 11.4. The van der Waals surface area contributed by atoms with Gasteiger partial charge in [-0.15, -0.1) is 0 Å². The Balaban J connectivity index is 2.40. The molecule has 0 aliphatic carbocycles. The monoisotopic (exact) mass is 187 g/mol. The van der Waals surface area contributed by atoms with Gasteiger partial charge >= 0.3 is 0 Å². The number of H-pyrrole nitrogens is 1. The van der Waals surface area contributed by atoms with Crippen molar-refractivity contribution in [2.24, 2.45) is 0 Å². The summed E-state index contributed by atoms with van der Waals surface area (Å²) < 4.78 is 0. The minimum Gasteiger partial charge on any atom is -0.358 e. The third-order valence-electron chi connectivity index (χ3n) is 2.23. The van der Waals surface area contributed by atoms with E-state index in [2.05, 4.69) is 48.2 Å². The zero-order valence-electron chi connectivity index (χ0n) is 8.89. The van der Waals surface area contributed by atoms with Crippen molar-refractivity contribution in [1.29, 1.82) is 0 Å². The van der Waals surface area contributed by atoms with Gasteiger partial charge in [-0.2, -0.15) is 0 Å². The fraction of sp³-hybridized carbons (Fsp3) is 0.333. The highest BCUT2D eigenvalue weighted by atomic mass is 15.0. The Morgan fingerprint density at radius 3 is 2.86 bits per heavy atom. The van der Waals surface area contributed by atoms with Gasteiger partial charge in [-0.1, -0.05) is 6.07 Å². The third kappa shape index (κ3) is 1.80. The predicted octanol–water partition coefficient (Wildman–Crippen LogP) is 2.34. The van der Waals surface area contributed by atoms with E-state index in [9.17, 15) is 0 Å². The molecule has 14 heavy (non-hydrogen) atoms. The molecule has 2 nitrogen and oxygen atoms in total. The second kappa shape index (κ2) is 3.46. The first-order valence-corrected chi connectivity index (χ1v) is 4.80. The topological polar surface area (TPSA) is 19.0 Å². The fourth-order valence-corrected chi connectivity index (χ4v) is 1.70. The predicted molar refractivity (Wildman–Crippen MR) is 59.3 cm³/mol. The van der Waals surface area contributed by atoms with Crippen molar-refractivity contribution in [3.63, 3.8) is 0 Å². The van der Waals surface area contributed by atoms with Crippen molar-refractivity contribution >= 4 is 10.9 Å². The molecule has 0 unspecified atom stereocenters. The fourth-order valence-electron chi connectivity index (χ4n) is 1.70. The second-order valence-electron chi connectivity index (χ2n) is 3.99. The Bertz CT molecular complexity index is 441. The molecule has 0 amide bonds. The van der Waals surface area contributed by atoms with Gasteiger partial charge in [0, 0.05) is 29.2 Å². The number of rotatable bonds is 2. The van der Waals surface area contributed by atoms with Gasteiger partial charge < -0.3 is 9.88 Å². The quantitative estimate of drug-likeness (QED) is 0.764. The number of nitrogens with zero attached hydrogens (tertiary/aromatic N) is 1. The molecule has 0 aliphatic rings. The maximum Gasteiger partial charge on any atom is 0.0462 e. The molecule has 1 aromatic heterocycles. The second-order valence-corrected chi connectivity index (χ2v) is 3.99. The zero-order valence-corrected chi connectivity index (χ0v) is 8.89. The summed E-state index contributed by atoms with van der Waals surface area (Å²) >= 11 is 0. The van der Waals surface area contributed by atoms with E-state index in [4.69, 9.17) is 0 Å². The molecule has 1 radical (unpaired) electrons. The summed E-state index contributed by atoms with van der Waals surface area (Å²) in [5, 5.41) is 1.18. The van der Waals surface area contributed by atoms with Gasteiger partial charge in [0.25, 0.3) is 0 Å². The molecule has 0 bridgehead atoms. The molecule has 1 heterocycles. The van der Waals surface area contributed by atoms with E-state index >= 15 is 0 Å². The number of benzene rings is 1. The van der Waals surface area contributed by atoms with E-state index in [1.165, 1.54) is 16.5 Å². The Labute approximate surface area is 84.5 Å². The lowest BCUT2D eigenvalue weighted by atomic mass is 10.1. The van der Waals surface area contributed by atoms with Crippen LogP contribution in [0.15, 0.2) is 18.2 Å². The molecule has 2 heteroatoms. The highest BCUT2D eigenvalue weighted by Gasteiger charge is 2.00. The summed E-state index contributed by atoms with van der Waals surface area (Å²) in [6.45, 7) is 3.01. The van der Waals surface area contributed by atoms with Gasteiger partial charge in [-0.25, -0.2) is 0 Å². The lowest BCUT2D eigenvalue weighted by Crippen LogP contribution is -2.10. The first-order chi connectivity index (χ1) is 6.65. The molecule has 1 aromatic carbocycles. The van der Waals surface area contributed by atoms with Crippen LogP contribution >= 0.6 is 0 Å². The zero-order chi connectivity index (χ0) is 10.1. The van der Waals surface area contributed by atoms with Crippen LogP contribution in [0.4, 0.5) is 0 Å². The van der Waals surface area contributed by atoms with E-state index in [0.717, 1.165) is 12.2 Å². The minimum absolute atomic E-state index is 0.980. The highest BCUT2D eigenvalue weighted by Crippen LogP contribution is 2.16. The standard InChI is InChI=1S/C12H15N2/c1-9-6-11-7-10(8-14(2)3)4-5-12(11)13-9/h4-5,7,13H,8H2,1-3H3. The van der Waals surface area contributed by atoms with Crippen LogP contribution in [0.5, 0.6) is 0 Å². The van der Waals surface area contributed by atoms with Gasteiger partial charge in [0.1, 0.15) is 0 Å². The van der Waals surface area contributed by atoms with Gasteiger partial charge in [0.15, 0.2) is 0 Å². The van der Waals surface area contributed by atoms with Crippen LogP contribution < -0.4 is 0 Å². The van der Waals surface area contributed by atoms with Crippen LogP contribution in [-0.4, -0.2) is 24.0 Å². The lowest BCUT2D eigenvalue weighted by Gasteiger charge is -2.08.